The molecular formula is C13H20N2O3S2. The molecule has 1 N–H and O–H groups in total. The van der Waals surface area contributed by atoms with Crippen LogP contribution in [0.5, 0.6) is 0 Å². The Bertz CT molecular complexity index is 580. The van der Waals surface area contributed by atoms with Gasteiger partial charge in [0.1, 0.15) is 6.04 Å². The minimum atomic E-state index is -3.33. The second-order valence-electron chi connectivity index (χ2n) is 5.13. The Morgan fingerprint density at radius 1 is 1.50 bits per heavy atom. The molecule has 112 valence electrons. The van der Waals surface area contributed by atoms with Crippen molar-refractivity contribution < 1.29 is 13.2 Å². The summed E-state index contributed by atoms with van der Waals surface area (Å²) in [6.07, 6.45) is 3.48. The third-order valence-electron chi connectivity index (χ3n) is 3.57. The molecule has 0 aromatic carbocycles. The quantitative estimate of drug-likeness (QED) is 0.915. The van der Waals surface area contributed by atoms with Crippen molar-refractivity contribution in [1.29, 1.82) is 0 Å². The molecule has 20 heavy (non-hydrogen) atoms. The fourth-order valence-corrected chi connectivity index (χ4v) is 4.40. The van der Waals surface area contributed by atoms with Crippen LogP contribution in [0.4, 0.5) is 0 Å². The van der Waals surface area contributed by atoms with Crippen LogP contribution in [0.15, 0.2) is 11.4 Å². The molecule has 0 saturated carbocycles. The zero-order valence-corrected chi connectivity index (χ0v) is 13.4. The second-order valence-corrected chi connectivity index (χ2v) is 8.07. The predicted molar refractivity (Wildman–Crippen MR) is 80.1 cm³/mol. The highest BCUT2D eigenvalue weighted by Gasteiger charge is 2.34. The van der Waals surface area contributed by atoms with Crippen LogP contribution in [-0.2, 0) is 21.4 Å². The van der Waals surface area contributed by atoms with E-state index in [1.54, 1.807) is 11.3 Å². The van der Waals surface area contributed by atoms with Crippen molar-refractivity contribution in [3.05, 3.63) is 21.9 Å². The van der Waals surface area contributed by atoms with Gasteiger partial charge in [0.25, 0.3) is 0 Å². The smallest absolute Gasteiger partial charge is 0.238 e. The number of hydrogen-bond acceptors (Lipinski definition) is 4. The summed E-state index contributed by atoms with van der Waals surface area (Å²) < 4.78 is 24.8. The van der Waals surface area contributed by atoms with Crippen molar-refractivity contribution >= 4 is 27.3 Å². The number of nitrogens with one attached hydrogen (secondary N) is 1. The first-order valence-corrected chi connectivity index (χ1v) is 9.40. The predicted octanol–water partition coefficient (Wildman–Crippen LogP) is 1.49. The van der Waals surface area contributed by atoms with Crippen LogP contribution < -0.4 is 5.32 Å². The normalized spacial score (nSPS) is 20.8. The van der Waals surface area contributed by atoms with Gasteiger partial charge in [-0.1, -0.05) is 6.42 Å². The average molecular weight is 316 g/mol. The zero-order valence-electron chi connectivity index (χ0n) is 11.8. The van der Waals surface area contributed by atoms with Gasteiger partial charge in [-0.2, -0.15) is 4.31 Å². The molecule has 0 spiro atoms. The molecule has 5 nitrogen and oxygen atoms in total. The number of aryl methyl sites for hydroxylation is 1. The Balaban J connectivity index is 2.01. The number of sulfonamides is 1. The number of thiophene rings is 1. The van der Waals surface area contributed by atoms with Gasteiger partial charge in [0.05, 0.1) is 12.8 Å². The molecule has 1 saturated heterocycles. The number of piperidine rings is 1. The van der Waals surface area contributed by atoms with Crippen LogP contribution in [-0.4, -0.2) is 37.5 Å². The Labute approximate surface area is 124 Å². The van der Waals surface area contributed by atoms with Gasteiger partial charge in [-0.3, -0.25) is 4.79 Å². The Morgan fingerprint density at radius 3 is 2.85 bits per heavy atom. The number of carbonyl (C=O) groups excluding carboxylic acids is 1. The molecule has 2 heterocycles. The molecule has 0 unspecified atom stereocenters. The third-order valence-corrected chi connectivity index (χ3v) is 5.89. The summed E-state index contributed by atoms with van der Waals surface area (Å²) in [7, 11) is -3.33. The fourth-order valence-electron chi connectivity index (χ4n) is 2.43. The lowest BCUT2D eigenvalue weighted by Crippen LogP contribution is -2.51. The van der Waals surface area contributed by atoms with E-state index in [0.29, 0.717) is 19.5 Å². The lowest BCUT2D eigenvalue weighted by molar-refractivity contribution is -0.125. The summed E-state index contributed by atoms with van der Waals surface area (Å²) in [6, 6.07) is 1.45. The van der Waals surface area contributed by atoms with Crippen molar-refractivity contribution in [3.63, 3.8) is 0 Å². The third kappa shape index (κ3) is 3.59. The van der Waals surface area contributed by atoms with E-state index >= 15 is 0 Å². The summed E-state index contributed by atoms with van der Waals surface area (Å²) in [5.41, 5.74) is 1.15. The van der Waals surface area contributed by atoms with E-state index in [9.17, 15) is 13.2 Å². The highest BCUT2D eigenvalue weighted by atomic mass is 32.2. The number of hydrogen-bond donors (Lipinski definition) is 1. The van der Waals surface area contributed by atoms with Crippen LogP contribution in [0.1, 0.15) is 29.7 Å². The molecule has 1 aromatic rings. The highest BCUT2D eigenvalue weighted by Crippen LogP contribution is 2.20. The van der Waals surface area contributed by atoms with Gasteiger partial charge in [0, 0.05) is 11.4 Å². The van der Waals surface area contributed by atoms with Gasteiger partial charge >= 0.3 is 0 Å². The molecular weight excluding hydrogens is 296 g/mol. The summed E-state index contributed by atoms with van der Waals surface area (Å²) in [5.74, 6) is -0.192. The summed E-state index contributed by atoms with van der Waals surface area (Å²) in [5, 5.41) is 4.85. The number of nitrogens with zero attached hydrogens (tertiary/aromatic N) is 1. The first-order valence-electron chi connectivity index (χ1n) is 6.67. The number of rotatable bonds is 4. The molecule has 0 radical (unpaired) electrons. The van der Waals surface area contributed by atoms with Crippen LogP contribution in [0, 0.1) is 6.92 Å². The Hall–Kier alpha value is -0.920. The van der Waals surface area contributed by atoms with Gasteiger partial charge in [0.15, 0.2) is 0 Å². The van der Waals surface area contributed by atoms with Crippen LogP contribution in [0.3, 0.4) is 0 Å². The Kier molecular flexibility index (Phi) is 4.82. The molecule has 1 aliphatic rings. The van der Waals surface area contributed by atoms with Gasteiger partial charge in [-0.05, 0) is 36.8 Å². The topological polar surface area (TPSA) is 66.5 Å². The first kappa shape index (κ1) is 15.5. The minimum absolute atomic E-state index is 0.192. The van der Waals surface area contributed by atoms with E-state index in [2.05, 4.69) is 5.32 Å². The second kappa shape index (κ2) is 6.24. The standard InChI is InChI=1S/C13H20N2O3S2/c1-10-6-8-19-12(10)9-14-13(16)11-5-3-4-7-15(11)20(2,17)18/h6,8,11H,3-5,7,9H2,1-2H3,(H,14,16)/t11-/m1/s1. The van der Waals surface area contributed by atoms with Crippen molar-refractivity contribution in [2.24, 2.45) is 0 Å². The molecule has 1 aliphatic heterocycles. The highest BCUT2D eigenvalue weighted by molar-refractivity contribution is 7.88. The molecule has 1 aromatic heterocycles. The first-order chi connectivity index (χ1) is 9.39. The van der Waals surface area contributed by atoms with E-state index in [1.165, 1.54) is 10.6 Å². The fraction of sp³-hybridized carbons (Fsp3) is 0.615. The molecule has 0 bridgehead atoms. The largest absolute Gasteiger partial charge is 0.350 e. The zero-order chi connectivity index (χ0) is 14.8. The van der Waals surface area contributed by atoms with Gasteiger partial charge in [-0.25, -0.2) is 8.42 Å². The van der Waals surface area contributed by atoms with Crippen molar-refractivity contribution in [2.45, 2.75) is 38.8 Å². The van der Waals surface area contributed by atoms with E-state index in [4.69, 9.17) is 0 Å². The lowest BCUT2D eigenvalue weighted by atomic mass is 10.0. The summed E-state index contributed by atoms with van der Waals surface area (Å²) in [4.78, 5) is 13.4. The van der Waals surface area contributed by atoms with Crippen molar-refractivity contribution in [3.8, 4) is 0 Å². The lowest BCUT2D eigenvalue weighted by Gasteiger charge is -2.32. The maximum Gasteiger partial charge on any atom is 0.238 e. The van der Waals surface area contributed by atoms with Gasteiger partial charge in [-0.15, -0.1) is 11.3 Å². The van der Waals surface area contributed by atoms with Crippen LogP contribution in [0.2, 0.25) is 0 Å². The molecule has 1 amide bonds. The van der Waals surface area contributed by atoms with E-state index in [1.807, 2.05) is 18.4 Å². The van der Waals surface area contributed by atoms with Crippen molar-refractivity contribution in [1.82, 2.24) is 9.62 Å². The van der Waals surface area contributed by atoms with Gasteiger partial charge < -0.3 is 5.32 Å². The summed E-state index contributed by atoms with van der Waals surface area (Å²) >= 11 is 1.60. The molecule has 2 rings (SSSR count). The molecule has 1 fully saturated rings. The monoisotopic (exact) mass is 316 g/mol. The minimum Gasteiger partial charge on any atom is -0.350 e. The maximum absolute atomic E-state index is 12.2. The molecule has 1 atom stereocenters. The van der Waals surface area contributed by atoms with Crippen molar-refractivity contribution in [2.75, 3.05) is 12.8 Å². The maximum atomic E-state index is 12.2. The van der Waals surface area contributed by atoms with E-state index < -0.39 is 16.1 Å². The van der Waals surface area contributed by atoms with E-state index in [-0.39, 0.29) is 5.91 Å². The van der Waals surface area contributed by atoms with Crippen LogP contribution >= 0.6 is 11.3 Å². The van der Waals surface area contributed by atoms with E-state index in [0.717, 1.165) is 23.3 Å². The molecule has 7 heteroatoms. The average Bonchev–Trinajstić information content (AvgIpc) is 2.80. The SMILES string of the molecule is Cc1ccsc1CNC(=O)[C@H]1CCCCN1S(C)(=O)=O. The number of amides is 1. The van der Waals surface area contributed by atoms with Crippen LogP contribution in [0.25, 0.3) is 0 Å². The summed E-state index contributed by atoms with van der Waals surface area (Å²) in [6.45, 7) is 2.91. The number of carbonyl (C=O) groups is 1. The van der Waals surface area contributed by atoms with Gasteiger partial charge in [0.2, 0.25) is 15.9 Å². The Morgan fingerprint density at radius 2 is 2.25 bits per heavy atom. The molecule has 0 aliphatic carbocycles.